The molecule has 0 unspecified atom stereocenters. The Morgan fingerprint density at radius 3 is 2.56 bits per heavy atom. The summed E-state index contributed by atoms with van der Waals surface area (Å²) in [5.74, 6) is 0.185. The van der Waals surface area contributed by atoms with Gasteiger partial charge in [0.15, 0.2) is 0 Å². The van der Waals surface area contributed by atoms with Gasteiger partial charge in [0.1, 0.15) is 18.1 Å². The van der Waals surface area contributed by atoms with Crippen LogP contribution in [-0.4, -0.2) is 11.7 Å². The van der Waals surface area contributed by atoms with Gasteiger partial charge in [-0.05, 0) is 40.6 Å². The number of rotatable bonds is 5. The minimum Gasteiger partial charge on any atom is -0.488 e. The van der Waals surface area contributed by atoms with Crippen molar-refractivity contribution < 1.29 is 14.4 Å². The van der Waals surface area contributed by atoms with Crippen molar-refractivity contribution in [3.63, 3.8) is 0 Å². The largest absolute Gasteiger partial charge is 0.488 e. The zero-order valence-electron chi connectivity index (χ0n) is 17.0. The average molecular weight is 484 g/mol. The highest BCUT2D eigenvalue weighted by molar-refractivity contribution is 9.10. The lowest BCUT2D eigenvalue weighted by Gasteiger charge is -2.12. The van der Waals surface area contributed by atoms with Crippen LogP contribution in [-0.2, 0) is 16.2 Å². The van der Waals surface area contributed by atoms with E-state index in [1.54, 1.807) is 6.08 Å². The molecule has 0 fully saturated rings. The SMILES string of the molecule is O=C1ON=C(c2ccccc2)/C1=C/c1cc(Br)ccc1OCc1cccc2ccccc12. The predicted molar refractivity (Wildman–Crippen MR) is 129 cm³/mol. The van der Waals surface area contributed by atoms with Crippen LogP contribution in [0.25, 0.3) is 16.8 Å². The summed E-state index contributed by atoms with van der Waals surface area (Å²) in [4.78, 5) is 17.4. The summed E-state index contributed by atoms with van der Waals surface area (Å²) in [6.07, 6.45) is 1.77. The Bertz CT molecular complexity index is 1370. The number of hydrogen-bond acceptors (Lipinski definition) is 4. The van der Waals surface area contributed by atoms with Gasteiger partial charge in [0.2, 0.25) is 0 Å². The number of halogens is 1. The molecule has 0 spiro atoms. The van der Waals surface area contributed by atoms with Gasteiger partial charge in [-0.3, -0.25) is 0 Å². The van der Waals surface area contributed by atoms with Crippen LogP contribution in [0, 0.1) is 0 Å². The Hall–Kier alpha value is -3.70. The van der Waals surface area contributed by atoms with Gasteiger partial charge in [-0.25, -0.2) is 4.79 Å². The number of nitrogens with zero attached hydrogens (tertiary/aromatic N) is 1. The van der Waals surface area contributed by atoms with E-state index in [1.165, 1.54) is 5.39 Å². The van der Waals surface area contributed by atoms with Crippen molar-refractivity contribution in [3.05, 3.63) is 118 Å². The topological polar surface area (TPSA) is 47.9 Å². The third-order valence-corrected chi connectivity index (χ3v) is 5.77. The second-order valence-corrected chi connectivity index (χ2v) is 8.27. The third kappa shape index (κ3) is 4.07. The highest BCUT2D eigenvalue weighted by Crippen LogP contribution is 2.30. The molecule has 0 atom stereocenters. The first-order valence-corrected chi connectivity index (χ1v) is 10.9. The lowest BCUT2D eigenvalue weighted by molar-refractivity contribution is -0.136. The van der Waals surface area contributed by atoms with Crippen LogP contribution >= 0.6 is 15.9 Å². The number of benzene rings is 4. The average Bonchev–Trinajstić information content (AvgIpc) is 3.19. The Balaban J connectivity index is 1.48. The van der Waals surface area contributed by atoms with Crippen LogP contribution in [0.2, 0.25) is 0 Å². The van der Waals surface area contributed by atoms with E-state index in [0.717, 1.165) is 26.5 Å². The fourth-order valence-electron chi connectivity index (χ4n) is 3.71. The van der Waals surface area contributed by atoms with Crippen LogP contribution in [0.4, 0.5) is 0 Å². The smallest absolute Gasteiger partial charge is 0.368 e. The van der Waals surface area contributed by atoms with Crippen molar-refractivity contribution in [1.29, 1.82) is 0 Å². The molecule has 0 N–H and O–H groups in total. The van der Waals surface area contributed by atoms with Crippen LogP contribution < -0.4 is 4.74 Å². The molecule has 1 aliphatic heterocycles. The van der Waals surface area contributed by atoms with Crippen molar-refractivity contribution >= 4 is 44.5 Å². The fraction of sp³-hybridized carbons (Fsp3) is 0.0370. The van der Waals surface area contributed by atoms with Crippen molar-refractivity contribution in [1.82, 2.24) is 0 Å². The fourth-order valence-corrected chi connectivity index (χ4v) is 4.09. The molecule has 0 aromatic heterocycles. The van der Waals surface area contributed by atoms with Gasteiger partial charge in [0.05, 0.1) is 5.57 Å². The zero-order chi connectivity index (χ0) is 21.9. The minimum atomic E-state index is -0.483. The molecule has 32 heavy (non-hydrogen) atoms. The molecule has 0 bridgehead atoms. The van der Waals surface area contributed by atoms with Gasteiger partial charge in [0.25, 0.3) is 0 Å². The standard InChI is InChI=1S/C27H18BrNO3/c28-22-13-14-25(31-17-20-11-6-10-18-7-4-5-12-23(18)20)21(15-22)16-24-26(29-32-27(24)30)19-8-2-1-3-9-19/h1-16H,17H2/b24-16-. The molecule has 5 heteroatoms. The minimum absolute atomic E-state index is 0.393. The number of hydrogen-bond donors (Lipinski definition) is 0. The molecule has 0 saturated carbocycles. The Morgan fingerprint density at radius 2 is 1.69 bits per heavy atom. The van der Waals surface area contributed by atoms with E-state index in [9.17, 15) is 4.79 Å². The van der Waals surface area contributed by atoms with Gasteiger partial charge >= 0.3 is 5.97 Å². The van der Waals surface area contributed by atoms with E-state index in [0.29, 0.717) is 23.6 Å². The summed E-state index contributed by atoms with van der Waals surface area (Å²) in [7, 11) is 0. The number of oxime groups is 1. The first-order valence-electron chi connectivity index (χ1n) is 10.1. The van der Waals surface area contributed by atoms with Crippen LogP contribution in [0.3, 0.4) is 0 Å². The van der Waals surface area contributed by atoms with E-state index >= 15 is 0 Å². The van der Waals surface area contributed by atoms with Crippen molar-refractivity contribution in [2.24, 2.45) is 5.16 Å². The maximum Gasteiger partial charge on any atom is 0.368 e. The first kappa shape index (κ1) is 20.2. The molecule has 0 radical (unpaired) electrons. The Labute approximate surface area is 193 Å². The monoisotopic (exact) mass is 483 g/mol. The van der Waals surface area contributed by atoms with E-state index in [2.05, 4.69) is 45.4 Å². The maximum absolute atomic E-state index is 12.4. The molecule has 4 aromatic carbocycles. The molecule has 0 amide bonds. The van der Waals surface area contributed by atoms with Gasteiger partial charge < -0.3 is 9.57 Å². The molecule has 4 nitrogen and oxygen atoms in total. The second kappa shape index (κ2) is 8.81. The number of carbonyl (C=O) groups is 1. The molecule has 1 heterocycles. The van der Waals surface area contributed by atoms with Crippen molar-refractivity contribution in [2.45, 2.75) is 6.61 Å². The summed E-state index contributed by atoms with van der Waals surface area (Å²) in [6.45, 7) is 0.406. The Kier molecular flexibility index (Phi) is 5.57. The van der Waals surface area contributed by atoms with E-state index in [4.69, 9.17) is 9.57 Å². The lowest BCUT2D eigenvalue weighted by Crippen LogP contribution is -2.07. The van der Waals surface area contributed by atoms with Crippen molar-refractivity contribution in [3.8, 4) is 5.75 Å². The van der Waals surface area contributed by atoms with Crippen molar-refractivity contribution in [2.75, 3.05) is 0 Å². The predicted octanol–water partition coefficient (Wildman–Crippen LogP) is 6.53. The van der Waals surface area contributed by atoms with E-state index < -0.39 is 5.97 Å². The van der Waals surface area contributed by atoms with Gasteiger partial charge in [-0.2, -0.15) is 0 Å². The molecule has 4 aromatic rings. The highest BCUT2D eigenvalue weighted by atomic mass is 79.9. The number of fused-ring (bicyclic) bond motifs is 1. The second-order valence-electron chi connectivity index (χ2n) is 7.35. The summed E-state index contributed by atoms with van der Waals surface area (Å²) in [5, 5.41) is 6.32. The summed E-state index contributed by atoms with van der Waals surface area (Å²) < 4.78 is 7.10. The molecular weight excluding hydrogens is 466 g/mol. The third-order valence-electron chi connectivity index (χ3n) is 5.28. The first-order chi connectivity index (χ1) is 15.7. The summed E-state index contributed by atoms with van der Waals surface area (Å²) >= 11 is 3.52. The van der Waals surface area contributed by atoms with Crippen LogP contribution in [0.1, 0.15) is 16.7 Å². The summed E-state index contributed by atoms with van der Waals surface area (Å²) in [5.41, 5.74) is 3.58. The van der Waals surface area contributed by atoms with E-state index in [-0.39, 0.29) is 0 Å². The maximum atomic E-state index is 12.4. The molecular formula is C27H18BrNO3. The quantitative estimate of drug-likeness (QED) is 0.239. The summed E-state index contributed by atoms with van der Waals surface area (Å²) in [6, 6.07) is 29.6. The van der Waals surface area contributed by atoms with Gasteiger partial charge in [-0.1, -0.05) is 93.9 Å². The molecule has 5 rings (SSSR count). The normalized spacial score (nSPS) is 14.5. The lowest BCUT2D eigenvalue weighted by atomic mass is 10.0. The molecule has 156 valence electrons. The molecule has 0 aliphatic carbocycles. The van der Waals surface area contributed by atoms with Gasteiger partial charge in [0, 0.05) is 15.6 Å². The van der Waals surface area contributed by atoms with Gasteiger partial charge in [-0.15, -0.1) is 0 Å². The number of ether oxygens (including phenoxy) is 1. The molecule has 0 saturated heterocycles. The van der Waals surface area contributed by atoms with E-state index in [1.807, 2.05) is 66.7 Å². The highest BCUT2D eigenvalue weighted by Gasteiger charge is 2.27. The molecule has 1 aliphatic rings. The number of carbonyl (C=O) groups excluding carboxylic acids is 1. The van der Waals surface area contributed by atoms with Crippen LogP contribution in [0.5, 0.6) is 5.75 Å². The van der Waals surface area contributed by atoms with Crippen LogP contribution in [0.15, 0.2) is 106 Å². The zero-order valence-corrected chi connectivity index (χ0v) is 18.6. The Morgan fingerprint density at radius 1 is 0.906 bits per heavy atom.